The number of thioether (sulfide) groups is 4. The monoisotopic (exact) mass is 254 g/mol. The molecule has 78 valence electrons. The van der Waals surface area contributed by atoms with Gasteiger partial charge in [-0.2, -0.15) is 47.0 Å². The van der Waals surface area contributed by atoms with Crippen molar-refractivity contribution in [1.29, 1.82) is 0 Å². The van der Waals surface area contributed by atoms with Crippen LogP contribution in [0.1, 0.15) is 12.8 Å². The van der Waals surface area contributed by atoms with Crippen LogP contribution in [0.3, 0.4) is 0 Å². The molecule has 1 rings (SSSR count). The summed E-state index contributed by atoms with van der Waals surface area (Å²) in [5.41, 5.74) is 0. The van der Waals surface area contributed by atoms with Gasteiger partial charge in [0, 0.05) is 16.6 Å². The maximum atomic E-state index is 2.13. The summed E-state index contributed by atoms with van der Waals surface area (Å²) in [7, 11) is 0. The van der Waals surface area contributed by atoms with Gasteiger partial charge in [-0.25, -0.2) is 0 Å². The maximum Gasteiger partial charge on any atom is 0.0392 e. The van der Waals surface area contributed by atoms with Gasteiger partial charge >= 0.3 is 0 Å². The Balaban J connectivity index is 2.01. The van der Waals surface area contributed by atoms with Crippen molar-refractivity contribution >= 4 is 47.0 Å². The van der Waals surface area contributed by atoms with Crippen molar-refractivity contribution in [2.24, 2.45) is 0 Å². The van der Waals surface area contributed by atoms with E-state index >= 15 is 0 Å². The Hall–Kier alpha value is 1.40. The molecule has 1 heterocycles. The van der Waals surface area contributed by atoms with Gasteiger partial charge in [0.05, 0.1) is 0 Å². The first-order valence-corrected chi connectivity index (χ1v) is 9.43. The lowest BCUT2D eigenvalue weighted by Crippen LogP contribution is -1.90. The fourth-order valence-corrected chi connectivity index (χ4v) is 5.55. The van der Waals surface area contributed by atoms with Crippen LogP contribution in [0.2, 0.25) is 0 Å². The molecule has 1 aliphatic rings. The summed E-state index contributed by atoms with van der Waals surface area (Å²) < 4.78 is 0. The van der Waals surface area contributed by atoms with E-state index in [0.717, 1.165) is 0 Å². The van der Waals surface area contributed by atoms with Crippen LogP contribution >= 0.6 is 47.0 Å². The molecule has 0 unspecified atom stereocenters. The summed E-state index contributed by atoms with van der Waals surface area (Å²) in [6.45, 7) is 0. The lowest BCUT2D eigenvalue weighted by atomic mass is 10.6. The van der Waals surface area contributed by atoms with Gasteiger partial charge in [0.25, 0.3) is 0 Å². The van der Waals surface area contributed by atoms with Crippen molar-refractivity contribution in [1.82, 2.24) is 0 Å². The standard InChI is InChI=1S/C9H18S4/c1-3-10-7-8-11-4-2-6-13-9-12-5-1/h1-9H2. The Morgan fingerprint density at radius 1 is 0.462 bits per heavy atom. The summed E-state index contributed by atoms with van der Waals surface area (Å²) in [6.07, 6.45) is 2.81. The molecule has 0 spiro atoms. The van der Waals surface area contributed by atoms with Crippen molar-refractivity contribution in [3.05, 3.63) is 0 Å². The second-order valence-corrected chi connectivity index (χ2v) is 7.89. The molecule has 4 heteroatoms. The molecule has 1 fully saturated rings. The summed E-state index contributed by atoms with van der Waals surface area (Å²) >= 11 is 8.50. The van der Waals surface area contributed by atoms with Gasteiger partial charge in [-0.1, -0.05) is 0 Å². The first-order chi connectivity index (χ1) is 6.50. The average Bonchev–Trinajstić information content (AvgIpc) is 2.18. The van der Waals surface area contributed by atoms with E-state index in [1.165, 1.54) is 52.4 Å². The normalized spacial score (nSPS) is 24.0. The van der Waals surface area contributed by atoms with Crippen LogP contribution in [0.25, 0.3) is 0 Å². The highest BCUT2D eigenvalue weighted by molar-refractivity contribution is 8.16. The van der Waals surface area contributed by atoms with Crippen LogP contribution in [-0.2, 0) is 0 Å². The van der Waals surface area contributed by atoms with Gasteiger partial charge in [0.1, 0.15) is 0 Å². The zero-order valence-corrected chi connectivity index (χ0v) is 11.3. The molecular weight excluding hydrogens is 236 g/mol. The van der Waals surface area contributed by atoms with Crippen molar-refractivity contribution in [3.63, 3.8) is 0 Å². The molecule has 0 aromatic heterocycles. The van der Waals surface area contributed by atoms with Crippen LogP contribution in [0.15, 0.2) is 0 Å². The minimum Gasteiger partial charge on any atom is -0.161 e. The van der Waals surface area contributed by atoms with Gasteiger partial charge in [-0.05, 0) is 35.9 Å². The van der Waals surface area contributed by atoms with Crippen molar-refractivity contribution in [3.8, 4) is 0 Å². The van der Waals surface area contributed by atoms with E-state index in [1.807, 2.05) is 0 Å². The maximum absolute atomic E-state index is 2.13. The molecule has 0 amide bonds. The minimum atomic E-state index is 1.31. The van der Waals surface area contributed by atoms with Crippen LogP contribution < -0.4 is 0 Å². The summed E-state index contributed by atoms with van der Waals surface area (Å²) in [4.78, 5) is 0. The van der Waals surface area contributed by atoms with Gasteiger partial charge in [0.15, 0.2) is 0 Å². The summed E-state index contributed by atoms with van der Waals surface area (Å²) in [5.74, 6) is 8.21. The first-order valence-electron chi connectivity index (χ1n) is 4.81. The van der Waals surface area contributed by atoms with Crippen LogP contribution in [0, 0.1) is 0 Å². The van der Waals surface area contributed by atoms with Crippen LogP contribution in [0.4, 0.5) is 0 Å². The fraction of sp³-hybridized carbons (Fsp3) is 1.00. The third kappa shape index (κ3) is 8.40. The van der Waals surface area contributed by atoms with Gasteiger partial charge in [-0.15, -0.1) is 0 Å². The molecule has 0 aliphatic carbocycles. The zero-order valence-electron chi connectivity index (χ0n) is 8.00. The highest BCUT2D eigenvalue weighted by Gasteiger charge is 1.96. The van der Waals surface area contributed by atoms with E-state index in [9.17, 15) is 0 Å². The lowest BCUT2D eigenvalue weighted by molar-refractivity contribution is 1.12. The number of hydrogen-bond donors (Lipinski definition) is 0. The zero-order chi connectivity index (χ0) is 9.19. The SMILES string of the molecule is C1CSCCSCCCSCSC1. The molecule has 0 saturated carbocycles. The molecule has 0 radical (unpaired) electrons. The number of hydrogen-bond acceptors (Lipinski definition) is 4. The smallest absolute Gasteiger partial charge is 0.0392 e. The van der Waals surface area contributed by atoms with Crippen LogP contribution in [-0.4, -0.2) is 39.6 Å². The van der Waals surface area contributed by atoms with E-state index < -0.39 is 0 Å². The molecule has 0 atom stereocenters. The fourth-order valence-electron chi connectivity index (χ4n) is 1.02. The first kappa shape index (κ1) is 12.5. The molecule has 0 aromatic carbocycles. The van der Waals surface area contributed by atoms with Crippen molar-refractivity contribution in [2.75, 3.05) is 39.6 Å². The Morgan fingerprint density at radius 2 is 0.923 bits per heavy atom. The molecule has 0 nitrogen and oxygen atoms in total. The van der Waals surface area contributed by atoms with Crippen LogP contribution in [0.5, 0.6) is 0 Å². The second kappa shape index (κ2) is 9.94. The predicted molar refractivity (Wildman–Crippen MR) is 73.7 cm³/mol. The largest absolute Gasteiger partial charge is 0.161 e. The highest BCUT2D eigenvalue weighted by atomic mass is 32.2. The van der Waals surface area contributed by atoms with E-state index in [0.29, 0.717) is 0 Å². The molecule has 1 saturated heterocycles. The average molecular weight is 255 g/mol. The van der Waals surface area contributed by atoms with Crippen molar-refractivity contribution < 1.29 is 0 Å². The molecule has 0 N–H and O–H groups in total. The van der Waals surface area contributed by atoms with E-state index in [1.54, 1.807) is 0 Å². The van der Waals surface area contributed by atoms with E-state index in [2.05, 4.69) is 47.0 Å². The lowest BCUT2D eigenvalue weighted by Gasteiger charge is -1.99. The second-order valence-electron chi connectivity index (χ2n) is 2.87. The Kier molecular flexibility index (Phi) is 9.53. The third-order valence-electron chi connectivity index (χ3n) is 1.69. The topological polar surface area (TPSA) is 0 Å². The van der Waals surface area contributed by atoms with Crippen molar-refractivity contribution in [2.45, 2.75) is 12.8 Å². The Labute approximate surface area is 99.1 Å². The molecule has 0 aromatic rings. The minimum absolute atomic E-state index is 1.31. The Bertz CT molecular complexity index is 59.7. The quantitative estimate of drug-likeness (QED) is 0.646. The highest BCUT2D eigenvalue weighted by Crippen LogP contribution is 2.18. The Morgan fingerprint density at radius 3 is 1.46 bits per heavy atom. The van der Waals surface area contributed by atoms with Gasteiger partial charge < -0.3 is 0 Å². The predicted octanol–water partition coefficient (Wildman–Crippen LogP) is 3.67. The summed E-state index contributed by atoms with van der Waals surface area (Å²) in [6, 6.07) is 0. The summed E-state index contributed by atoms with van der Waals surface area (Å²) in [5, 5.41) is 1.31. The van der Waals surface area contributed by atoms with Gasteiger partial charge in [0.2, 0.25) is 0 Å². The molecule has 0 bridgehead atoms. The molecule has 1 aliphatic heterocycles. The third-order valence-corrected chi connectivity index (χ3v) is 6.58. The van der Waals surface area contributed by atoms with E-state index in [-0.39, 0.29) is 0 Å². The van der Waals surface area contributed by atoms with Gasteiger partial charge in [-0.3, -0.25) is 0 Å². The number of rotatable bonds is 0. The molecule has 13 heavy (non-hydrogen) atoms. The molecular formula is C9H18S4. The van der Waals surface area contributed by atoms with E-state index in [4.69, 9.17) is 0 Å².